The van der Waals surface area contributed by atoms with E-state index in [0.717, 1.165) is 0 Å². The second-order valence-electron chi connectivity index (χ2n) is 2.55. The monoisotopic (exact) mass is 228 g/mol. The number of halogens is 1. The van der Waals surface area contributed by atoms with E-state index >= 15 is 0 Å². The van der Waals surface area contributed by atoms with Crippen LogP contribution in [0.3, 0.4) is 0 Å². The maximum Gasteiger partial charge on any atom is 0.00313 e. The highest BCUT2D eigenvalue weighted by atomic mass is 79.9. The van der Waals surface area contributed by atoms with Gasteiger partial charge in [0.1, 0.15) is 0 Å². The third kappa shape index (κ3) is 9.70. The van der Waals surface area contributed by atoms with E-state index in [1.807, 2.05) is 36.4 Å². The first-order chi connectivity index (χ1) is 5.91. The molecule has 0 atom stereocenters. The number of benzene rings is 1. The molecule has 1 heteroatoms. The maximum atomic E-state index is 3.35. The standard InChI is InChI=1S/C6H6.C5H11Br/c1-2-4-6-5-3-1;1-2-3-4-5-6/h1-6H;2-5H2,1H3. The molecule has 68 valence electrons. The van der Waals surface area contributed by atoms with Crippen molar-refractivity contribution in [3.05, 3.63) is 36.4 Å². The van der Waals surface area contributed by atoms with Crippen LogP contribution in [-0.2, 0) is 0 Å². The Morgan fingerprint density at radius 3 is 1.42 bits per heavy atom. The van der Waals surface area contributed by atoms with Crippen molar-refractivity contribution in [3.8, 4) is 0 Å². The van der Waals surface area contributed by atoms with Crippen molar-refractivity contribution in [3.63, 3.8) is 0 Å². The summed E-state index contributed by atoms with van der Waals surface area (Å²) in [7, 11) is 0. The summed E-state index contributed by atoms with van der Waals surface area (Å²) < 4.78 is 0. The molecule has 0 amide bonds. The minimum Gasteiger partial charge on any atom is -0.0928 e. The van der Waals surface area contributed by atoms with E-state index in [4.69, 9.17) is 0 Å². The van der Waals surface area contributed by atoms with Crippen LogP contribution >= 0.6 is 15.9 Å². The number of alkyl halides is 1. The van der Waals surface area contributed by atoms with E-state index in [9.17, 15) is 0 Å². The van der Waals surface area contributed by atoms with Crippen LogP contribution < -0.4 is 0 Å². The van der Waals surface area contributed by atoms with Crippen molar-refractivity contribution in [1.29, 1.82) is 0 Å². The third-order valence-corrected chi connectivity index (χ3v) is 1.96. The quantitative estimate of drug-likeness (QED) is 0.536. The van der Waals surface area contributed by atoms with Gasteiger partial charge in [0.2, 0.25) is 0 Å². The SMILES string of the molecule is CCCCCBr.c1ccccc1. The van der Waals surface area contributed by atoms with E-state index in [-0.39, 0.29) is 0 Å². The zero-order valence-electron chi connectivity index (χ0n) is 7.67. The minimum absolute atomic E-state index is 1.17. The molecule has 0 saturated carbocycles. The Morgan fingerprint density at radius 1 is 0.833 bits per heavy atom. The van der Waals surface area contributed by atoms with Crippen molar-refractivity contribution in [2.75, 3.05) is 5.33 Å². The van der Waals surface area contributed by atoms with Gasteiger partial charge in [0.25, 0.3) is 0 Å². The van der Waals surface area contributed by atoms with Gasteiger partial charge in [0.05, 0.1) is 0 Å². The molecule has 0 aliphatic heterocycles. The molecule has 0 aromatic heterocycles. The average molecular weight is 229 g/mol. The number of rotatable bonds is 3. The zero-order valence-corrected chi connectivity index (χ0v) is 9.26. The highest BCUT2D eigenvalue weighted by Gasteiger charge is 1.76. The molecule has 0 radical (unpaired) electrons. The molecule has 0 unspecified atom stereocenters. The molecule has 0 N–H and O–H groups in total. The van der Waals surface area contributed by atoms with Crippen molar-refractivity contribution < 1.29 is 0 Å². The van der Waals surface area contributed by atoms with Gasteiger partial charge in [-0.2, -0.15) is 0 Å². The third-order valence-electron chi connectivity index (χ3n) is 1.40. The van der Waals surface area contributed by atoms with Gasteiger partial charge in [-0.05, 0) is 6.42 Å². The van der Waals surface area contributed by atoms with Crippen LogP contribution in [0.5, 0.6) is 0 Å². The Bertz CT molecular complexity index is 118. The zero-order chi connectivity index (χ0) is 9.07. The van der Waals surface area contributed by atoms with Gasteiger partial charge in [-0.15, -0.1) is 0 Å². The van der Waals surface area contributed by atoms with Crippen LogP contribution in [0.4, 0.5) is 0 Å². The van der Waals surface area contributed by atoms with Crippen molar-refractivity contribution >= 4 is 15.9 Å². The van der Waals surface area contributed by atoms with E-state index < -0.39 is 0 Å². The van der Waals surface area contributed by atoms with E-state index in [0.29, 0.717) is 0 Å². The molecule has 0 fully saturated rings. The van der Waals surface area contributed by atoms with Crippen LogP contribution in [0.2, 0.25) is 0 Å². The Kier molecular flexibility index (Phi) is 10.4. The van der Waals surface area contributed by atoms with E-state index in [2.05, 4.69) is 22.9 Å². The normalized spacial score (nSPS) is 8.50. The van der Waals surface area contributed by atoms with Gasteiger partial charge in [0.15, 0.2) is 0 Å². The summed E-state index contributed by atoms with van der Waals surface area (Å²) in [6.45, 7) is 2.21. The Balaban J connectivity index is 0.000000202. The predicted octanol–water partition coefficient (Wildman–Crippen LogP) is 4.26. The van der Waals surface area contributed by atoms with Crippen LogP contribution in [0.1, 0.15) is 26.2 Å². The number of hydrogen-bond donors (Lipinski definition) is 0. The first-order valence-electron chi connectivity index (χ1n) is 4.47. The summed E-state index contributed by atoms with van der Waals surface area (Å²) >= 11 is 3.35. The first kappa shape index (κ1) is 11.7. The van der Waals surface area contributed by atoms with Gasteiger partial charge < -0.3 is 0 Å². The largest absolute Gasteiger partial charge is 0.0928 e. The summed E-state index contributed by atoms with van der Waals surface area (Å²) in [4.78, 5) is 0. The Labute approximate surface area is 84.1 Å². The molecular formula is C11H17Br. The van der Waals surface area contributed by atoms with E-state index in [1.54, 1.807) is 0 Å². The summed E-state index contributed by atoms with van der Waals surface area (Å²) in [6, 6.07) is 12.0. The van der Waals surface area contributed by atoms with Gasteiger partial charge >= 0.3 is 0 Å². The highest BCUT2D eigenvalue weighted by Crippen LogP contribution is 1.95. The fourth-order valence-electron chi connectivity index (χ4n) is 0.729. The van der Waals surface area contributed by atoms with Gasteiger partial charge in [-0.3, -0.25) is 0 Å². The lowest BCUT2D eigenvalue weighted by molar-refractivity contribution is 0.781. The lowest BCUT2D eigenvalue weighted by Crippen LogP contribution is -1.70. The maximum absolute atomic E-state index is 3.35. The molecule has 0 aliphatic carbocycles. The number of hydrogen-bond acceptors (Lipinski definition) is 0. The molecule has 0 heterocycles. The second kappa shape index (κ2) is 10.7. The smallest absolute Gasteiger partial charge is 0.00313 e. The highest BCUT2D eigenvalue weighted by molar-refractivity contribution is 9.09. The lowest BCUT2D eigenvalue weighted by Gasteiger charge is -1.85. The molecule has 1 rings (SSSR count). The number of unbranched alkanes of at least 4 members (excludes halogenated alkanes) is 2. The van der Waals surface area contributed by atoms with Crippen molar-refractivity contribution in [2.24, 2.45) is 0 Å². The fourth-order valence-corrected chi connectivity index (χ4v) is 1.13. The average Bonchev–Trinajstić information content (AvgIpc) is 2.18. The molecule has 0 bridgehead atoms. The molecule has 0 aliphatic rings. The summed E-state index contributed by atoms with van der Waals surface area (Å²) in [5.74, 6) is 0. The van der Waals surface area contributed by atoms with Crippen LogP contribution in [0.25, 0.3) is 0 Å². The van der Waals surface area contributed by atoms with Crippen LogP contribution in [0.15, 0.2) is 36.4 Å². The minimum atomic E-state index is 1.17. The second-order valence-corrected chi connectivity index (χ2v) is 3.34. The van der Waals surface area contributed by atoms with Crippen molar-refractivity contribution in [2.45, 2.75) is 26.2 Å². The van der Waals surface area contributed by atoms with Crippen LogP contribution in [-0.4, -0.2) is 5.33 Å². The topological polar surface area (TPSA) is 0 Å². The molecule has 0 nitrogen and oxygen atoms in total. The predicted molar refractivity (Wildman–Crippen MR) is 59.8 cm³/mol. The van der Waals surface area contributed by atoms with Gasteiger partial charge in [-0.25, -0.2) is 0 Å². The van der Waals surface area contributed by atoms with Gasteiger partial charge in [0, 0.05) is 5.33 Å². The molecule has 1 aromatic carbocycles. The fraction of sp³-hybridized carbons (Fsp3) is 0.455. The molecule has 0 spiro atoms. The van der Waals surface area contributed by atoms with Crippen molar-refractivity contribution in [1.82, 2.24) is 0 Å². The Morgan fingerprint density at radius 2 is 1.25 bits per heavy atom. The van der Waals surface area contributed by atoms with Gasteiger partial charge in [-0.1, -0.05) is 72.1 Å². The summed E-state index contributed by atoms with van der Waals surface area (Å²) in [6.07, 6.45) is 4.02. The summed E-state index contributed by atoms with van der Waals surface area (Å²) in [5, 5.41) is 1.17. The molecule has 12 heavy (non-hydrogen) atoms. The molecular weight excluding hydrogens is 212 g/mol. The summed E-state index contributed by atoms with van der Waals surface area (Å²) in [5.41, 5.74) is 0. The molecule has 1 aromatic rings. The Hall–Kier alpha value is -0.300. The van der Waals surface area contributed by atoms with E-state index in [1.165, 1.54) is 24.6 Å². The lowest BCUT2D eigenvalue weighted by atomic mass is 10.3. The van der Waals surface area contributed by atoms with Crippen LogP contribution in [0, 0.1) is 0 Å². The molecule has 0 saturated heterocycles. The first-order valence-corrected chi connectivity index (χ1v) is 5.60.